The molecule has 0 spiro atoms. The number of nitrogens with one attached hydrogen (secondary N) is 2. The molecule has 1 heterocycles. The third-order valence-electron chi connectivity index (χ3n) is 8.67. The highest BCUT2D eigenvalue weighted by molar-refractivity contribution is 7.89. The van der Waals surface area contributed by atoms with Gasteiger partial charge in [-0.1, -0.05) is 50.2 Å². The van der Waals surface area contributed by atoms with Gasteiger partial charge in [0.05, 0.1) is 22.5 Å². The average molecular weight is 646 g/mol. The molecule has 11 heteroatoms. The van der Waals surface area contributed by atoms with Gasteiger partial charge in [0, 0.05) is 19.5 Å². The van der Waals surface area contributed by atoms with Crippen LogP contribution in [0.25, 0.3) is 0 Å². The zero-order chi connectivity index (χ0) is 32.4. The molecule has 2 atom stereocenters. The van der Waals surface area contributed by atoms with Crippen molar-refractivity contribution >= 4 is 15.9 Å². The van der Waals surface area contributed by atoms with Crippen molar-refractivity contribution in [2.24, 2.45) is 5.41 Å². The van der Waals surface area contributed by atoms with Crippen LogP contribution in [-0.4, -0.2) is 32.3 Å². The van der Waals surface area contributed by atoms with Crippen molar-refractivity contribution in [2.45, 2.75) is 82.1 Å². The van der Waals surface area contributed by atoms with Gasteiger partial charge < -0.3 is 5.32 Å². The quantitative estimate of drug-likeness (QED) is 0.244. The Morgan fingerprint density at radius 1 is 1.04 bits per heavy atom. The summed E-state index contributed by atoms with van der Waals surface area (Å²) in [4.78, 5) is 15.3. The lowest BCUT2D eigenvalue weighted by atomic mass is 9.83. The molecular formula is C34H39F4N3O3S. The van der Waals surface area contributed by atoms with E-state index in [1.807, 2.05) is 0 Å². The van der Waals surface area contributed by atoms with Gasteiger partial charge in [-0.25, -0.2) is 17.5 Å². The van der Waals surface area contributed by atoms with Gasteiger partial charge in [-0.3, -0.25) is 9.69 Å². The second-order valence-electron chi connectivity index (χ2n) is 13.0. The largest absolute Gasteiger partial charge is 0.416 e. The van der Waals surface area contributed by atoms with Crippen LogP contribution in [0.2, 0.25) is 0 Å². The van der Waals surface area contributed by atoms with Crippen LogP contribution in [0, 0.1) is 11.2 Å². The van der Waals surface area contributed by atoms with Crippen molar-refractivity contribution in [2.75, 3.05) is 13.1 Å². The van der Waals surface area contributed by atoms with Crippen LogP contribution in [0.15, 0.2) is 71.6 Å². The first-order chi connectivity index (χ1) is 21.2. The van der Waals surface area contributed by atoms with E-state index in [1.54, 1.807) is 0 Å². The molecule has 0 radical (unpaired) electrons. The zero-order valence-corrected chi connectivity index (χ0v) is 26.3. The van der Waals surface area contributed by atoms with Crippen molar-refractivity contribution in [3.05, 3.63) is 100 Å². The van der Waals surface area contributed by atoms with Crippen molar-refractivity contribution in [1.82, 2.24) is 14.9 Å². The topological polar surface area (TPSA) is 78.5 Å². The Kier molecular flexibility index (Phi) is 9.72. The van der Waals surface area contributed by atoms with E-state index in [2.05, 4.69) is 47.0 Å². The van der Waals surface area contributed by atoms with Gasteiger partial charge in [0.1, 0.15) is 5.82 Å². The van der Waals surface area contributed by atoms with Gasteiger partial charge in [-0.2, -0.15) is 13.2 Å². The number of aryl methyl sites for hydroxylation is 1. The summed E-state index contributed by atoms with van der Waals surface area (Å²) in [5.41, 5.74) is 2.94. The summed E-state index contributed by atoms with van der Waals surface area (Å²) < 4.78 is 82.3. The van der Waals surface area contributed by atoms with Gasteiger partial charge in [-0.15, -0.1) is 0 Å². The van der Waals surface area contributed by atoms with Gasteiger partial charge in [-0.05, 0) is 96.6 Å². The van der Waals surface area contributed by atoms with Crippen LogP contribution >= 0.6 is 0 Å². The Morgan fingerprint density at radius 3 is 2.51 bits per heavy atom. The fourth-order valence-corrected chi connectivity index (χ4v) is 7.78. The minimum atomic E-state index is -4.73. The van der Waals surface area contributed by atoms with Crippen LogP contribution in [0.1, 0.15) is 85.9 Å². The number of benzene rings is 3. The smallest absolute Gasteiger partial charge is 0.349 e. The molecule has 1 aliphatic heterocycles. The molecule has 3 aromatic rings. The molecule has 2 N–H and O–H groups in total. The van der Waals surface area contributed by atoms with Crippen molar-refractivity contribution in [1.29, 1.82) is 0 Å². The number of piperidine rings is 1. The maximum absolute atomic E-state index is 13.7. The SMILES string of the molecule is CC1(C)CCCN(Cc2ccc3c(c2)CCC[C@H]3NC(=O)C[C@@H](NS(=O)(=O)c2cccc(C(F)(F)F)c2)c2ccc(F)cc2)C1. The number of hydrogen-bond donors (Lipinski definition) is 2. The van der Waals surface area contributed by atoms with E-state index in [9.17, 15) is 30.8 Å². The molecule has 1 amide bonds. The maximum atomic E-state index is 13.7. The lowest BCUT2D eigenvalue weighted by Gasteiger charge is -2.38. The highest BCUT2D eigenvalue weighted by Gasteiger charge is 2.33. The van der Waals surface area contributed by atoms with Crippen LogP contribution in [0.3, 0.4) is 0 Å². The summed E-state index contributed by atoms with van der Waals surface area (Å²) in [6, 6.07) is 13.3. The average Bonchev–Trinajstić information content (AvgIpc) is 2.96. The number of sulfonamides is 1. The normalized spacial score (nSPS) is 19.5. The number of nitrogens with zero attached hydrogens (tertiary/aromatic N) is 1. The summed E-state index contributed by atoms with van der Waals surface area (Å²) in [6.45, 7) is 7.60. The molecule has 45 heavy (non-hydrogen) atoms. The van der Waals surface area contributed by atoms with Gasteiger partial charge >= 0.3 is 6.18 Å². The highest BCUT2D eigenvalue weighted by Crippen LogP contribution is 2.34. The van der Waals surface area contributed by atoms with E-state index in [1.165, 1.54) is 36.1 Å². The van der Waals surface area contributed by atoms with Crippen LogP contribution in [-0.2, 0) is 34.0 Å². The lowest BCUT2D eigenvalue weighted by molar-refractivity contribution is -0.137. The molecule has 1 saturated heterocycles. The van der Waals surface area contributed by atoms with Crippen LogP contribution < -0.4 is 10.0 Å². The lowest BCUT2D eigenvalue weighted by Crippen LogP contribution is -2.39. The first-order valence-corrected chi connectivity index (χ1v) is 16.8. The molecule has 0 saturated carbocycles. The summed E-state index contributed by atoms with van der Waals surface area (Å²) in [6.07, 6.45) is -0.167. The molecule has 0 unspecified atom stereocenters. The summed E-state index contributed by atoms with van der Waals surface area (Å²) in [7, 11) is -4.48. The second-order valence-corrected chi connectivity index (χ2v) is 14.7. The van der Waals surface area contributed by atoms with Crippen LogP contribution in [0.4, 0.5) is 17.6 Å². The predicted molar refractivity (Wildman–Crippen MR) is 164 cm³/mol. The first kappa shape index (κ1) is 33.1. The molecule has 2 aliphatic rings. The monoisotopic (exact) mass is 645 g/mol. The number of fused-ring (bicyclic) bond motifs is 1. The number of carbonyl (C=O) groups is 1. The number of likely N-dealkylation sites (tertiary alicyclic amines) is 1. The van der Waals surface area contributed by atoms with E-state index >= 15 is 0 Å². The van der Waals surface area contributed by atoms with Crippen molar-refractivity contribution in [3.8, 4) is 0 Å². The first-order valence-electron chi connectivity index (χ1n) is 15.3. The molecule has 0 aromatic heterocycles. The maximum Gasteiger partial charge on any atom is 0.416 e. The van der Waals surface area contributed by atoms with E-state index in [4.69, 9.17) is 0 Å². The fourth-order valence-electron chi connectivity index (χ4n) is 6.51. The summed E-state index contributed by atoms with van der Waals surface area (Å²) in [5.74, 6) is -0.988. The Labute approximate surface area is 262 Å². The summed E-state index contributed by atoms with van der Waals surface area (Å²) >= 11 is 0. The Balaban J connectivity index is 1.31. The Hall–Kier alpha value is -3.28. The number of halogens is 4. The van der Waals surface area contributed by atoms with E-state index < -0.39 is 44.4 Å². The number of hydrogen-bond acceptors (Lipinski definition) is 4. The molecule has 242 valence electrons. The van der Waals surface area contributed by atoms with Crippen LogP contribution in [0.5, 0.6) is 0 Å². The Bertz CT molecular complexity index is 1620. The predicted octanol–water partition coefficient (Wildman–Crippen LogP) is 7.07. The minimum absolute atomic E-state index is 0.266. The van der Waals surface area contributed by atoms with E-state index in [0.717, 1.165) is 74.8 Å². The third kappa shape index (κ3) is 8.51. The molecule has 0 bridgehead atoms. The van der Waals surface area contributed by atoms with Gasteiger partial charge in [0.25, 0.3) is 0 Å². The molecular weight excluding hydrogens is 606 g/mol. The van der Waals surface area contributed by atoms with E-state index in [-0.39, 0.29) is 12.5 Å². The zero-order valence-electron chi connectivity index (χ0n) is 25.5. The second kappa shape index (κ2) is 13.2. The minimum Gasteiger partial charge on any atom is -0.349 e. The number of alkyl halides is 3. The Morgan fingerprint density at radius 2 is 1.80 bits per heavy atom. The van der Waals surface area contributed by atoms with E-state index in [0.29, 0.717) is 17.0 Å². The summed E-state index contributed by atoms with van der Waals surface area (Å²) in [5, 5.41) is 3.05. The number of rotatable bonds is 9. The van der Waals surface area contributed by atoms with Crippen molar-refractivity contribution < 1.29 is 30.8 Å². The molecule has 1 fully saturated rings. The number of carbonyl (C=O) groups excluding carboxylic acids is 1. The molecule has 1 aliphatic carbocycles. The molecule has 6 nitrogen and oxygen atoms in total. The highest BCUT2D eigenvalue weighted by atomic mass is 32.2. The molecule has 3 aromatic carbocycles. The van der Waals surface area contributed by atoms with Crippen molar-refractivity contribution in [3.63, 3.8) is 0 Å². The third-order valence-corrected chi connectivity index (χ3v) is 10.1. The van der Waals surface area contributed by atoms with Gasteiger partial charge in [0.15, 0.2) is 0 Å². The number of amides is 1. The molecule has 5 rings (SSSR count). The fraction of sp³-hybridized carbons (Fsp3) is 0.441. The standard InChI is InChI=1S/C34H39F4N3O3S/c1-33(2)16-5-17-41(22-33)21-23-10-15-29-25(18-23)6-3-9-30(29)39-32(42)20-31(24-11-13-27(35)14-12-24)40-45(43,44)28-8-4-7-26(19-28)34(36,37)38/h4,7-8,10-15,18-19,30-31,40H,3,5-6,9,16-17,20-22H2,1-2H3,(H,39,42)/t30-,31-/m1/s1. The van der Waals surface area contributed by atoms with Gasteiger partial charge in [0.2, 0.25) is 15.9 Å².